The Bertz CT molecular complexity index is 1120. The average Bonchev–Trinajstić information content (AvgIpc) is 3.21. The first-order valence-electron chi connectivity index (χ1n) is 9.87. The Morgan fingerprint density at radius 2 is 2.03 bits per heavy atom. The van der Waals surface area contributed by atoms with Crippen LogP contribution in [-0.2, 0) is 11.2 Å². The van der Waals surface area contributed by atoms with Crippen molar-refractivity contribution in [2.75, 3.05) is 6.61 Å². The highest BCUT2D eigenvalue weighted by molar-refractivity contribution is 5.97. The maximum Gasteiger partial charge on any atom is 0.307 e. The number of carboxylic acid groups (broad SMARTS) is 1. The second kappa shape index (κ2) is 7.35. The lowest BCUT2D eigenvalue weighted by atomic mass is 9.87. The van der Waals surface area contributed by atoms with Crippen LogP contribution in [0.1, 0.15) is 52.1 Å². The zero-order valence-corrected chi connectivity index (χ0v) is 16.8. The number of carboxylic acids is 1. The Morgan fingerprint density at radius 1 is 1.24 bits per heavy atom. The summed E-state index contributed by atoms with van der Waals surface area (Å²) in [7, 11) is 0. The highest BCUT2D eigenvalue weighted by Crippen LogP contribution is 2.42. The molecule has 1 aliphatic carbocycles. The number of fused-ring (bicyclic) bond motifs is 2. The number of pyridine rings is 1. The van der Waals surface area contributed by atoms with Gasteiger partial charge in [-0.05, 0) is 56.0 Å². The zero-order chi connectivity index (χ0) is 20.7. The minimum atomic E-state index is -0.855. The third-order valence-corrected chi connectivity index (χ3v) is 5.83. The Hall–Kier alpha value is -3.15. The number of benzene rings is 1. The SMILES string of the molecule is CCOc1cccn2c(C(=O)C[C@@H]3c4cccc(C)c4C[C@H]3C(=O)O)c(C)nc12. The molecular formula is C23H24N2O4. The van der Waals surface area contributed by atoms with E-state index < -0.39 is 11.9 Å². The predicted octanol–water partition coefficient (Wildman–Crippen LogP) is 3.96. The number of imidazole rings is 1. The fourth-order valence-corrected chi connectivity index (χ4v) is 4.50. The zero-order valence-electron chi connectivity index (χ0n) is 16.8. The van der Waals surface area contributed by atoms with E-state index in [-0.39, 0.29) is 18.1 Å². The van der Waals surface area contributed by atoms with Gasteiger partial charge in [0.2, 0.25) is 0 Å². The molecule has 2 aromatic heterocycles. The first kappa shape index (κ1) is 19.2. The van der Waals surface area contributed by atoms with Crippen LogP contribution in [0.4, 0.5) is 0 Å². The van der Waals surface area contributed by atoms with Crippen molar-refractivity contribution in [3.63, 3.8) is 0 Å². The molecule has 0 fully saturated rings. The summed E-state index contributed by atoms with van der Waals surface area (Å²) < 4.78 is 7.39. The molecule has 29 heavy (non-hydrogen) atoms. The molecule has 0 saturated heterocycles. The van der Waals surface area contributed by atoms with Gasteiger partial charge in [0.15, 0.2) is 17.2 Å². The molecule has 1 aliphatic rings. The fourth-order valence-electron chi connectivity index (χ4n) is 4.50. The molecule has 4 rings (SSSR count). The molecule has 0 radical (unpaired) electrons. The molecule has 6 nitrogen and oxygen atoms in total. The number of hydrogen-bond acceptors (Lipinski definition) is 4. The quantitative estimate of drug-likeness (QED) is 0.642. The summed E-state index contributed by atoms with van der Waals surface area (Å²) in [4.78, 5) is 29.8. The maximum absolute atomic E-state index is 13.3. The monoisotopic (exact) mass is 392 g/mol. The summed E-state index contributed by atoms with van der Waals surface area (Å²) in [5.41, 5.74) is 4.84. The van der Waals surface area contributed by atoms with E-state index in [4.69, 9.17) is 4.74 Å². The molecule has 0 saturated carbocycles. The van der Waals surface area contributed by atoms with Gasteiger partial charge in [0.25, 0.3) is 0 Å². The number of carbonyl (C=O) groups excluding carboxylic acids is 1. The Balaban J connectivity index is 1.73. The number of rotatable bonds is 6. The number of aryl methyl sites for hydroxylation is 2. The van der Waals surface area contributed by atoms with Crippen molar-refractivity contribution in [3.05, 3.63) is 64.6 Å². The van der Waals surface area contributed by atoms with Crippen molar-refractivity contribution < 1.29 is 19.4 Å². The van der Waals surface area contributed by atoms with E-state index in [2.05, 4.69) is 4.98 Å². The van der Waals surface area contributed by atoms with E-state index >= 15 is 0 Å². The van der Waals surface area contributed by atoms with Crippen LogP contribution in [0.3, 0.4) is 0 Å². The lowest BCUT2D eigenvalue weighted by molar-refractivity contribution is -0.142. The summed E-state index contributed by atoms with van der Waals surface area (Å²) in [5.74, 6) is -1.26. The van der Waals surface area contributed by atoms with Crippen molar-refractivity contribution in [1.82, 2.24) is 9.38 Å². The van der Waals surface area contributed by atoms with Crippen LogP contribution in [0.5, 0.6) is 5.75 Å². The predicted molar refractivity (Wildman–Crippen MR) is 109 cm³/mol. The molecule has 0 aliphatic heterocycles. The molecule has 0 unspecified atom stereocenters. The van der Waals surface area contributed by atoms with E-state index in [0.717, 1.165) is 16.7 Å². The van der Waals surface area contributed by atoms with Gasteiger partial charge in [0.05, 0.1) is 18.2 Å². The second-order valence-electron chi connectivity index (χ2n) is 7.57. The normalized spacial score (nSPS) is 18.0. The highest BCUT2D eigenvalue weighted by atomic mass is 16.5. The summed E-state index contributed by atoms with van der Waals surface area (Å²) in [6.07, 6.45) is 2.41. The van der Waals surface area contributed by atoms with Crippen LogP contribution in [0, 0.1) is 19.8 Å². The van der Waals surface area contributed by atoms with Crippen molar-refractivity contribution >= 4 is 17.4 Å². The number of ketones is 1. The number of aromatic nitrogens is 2. The Morgan fingerprint density at radius 3 is 2.76 bits per heavy atom. The van der Waals surface area contributed by atoms with Gasteiger partial charge in [-0.25, -0.2) is 4.98 Å². The van der Waals surface area contributed by atoms with E-state index in [1.165, 1.54) is 0 Å². The number of aliphatic carboxylic acids is 1. The van der Waals surface area contributed by atoms with E-state index in [1.807, 2.05) is 44.2 Å². The summed E-state index contributed by atoms with van der Waals surface area (Å²) in [6, 6.07) is 9.54. The number of ether oxygens (including phenoxy) is 1. The molecule has 0 bridgehead atoms. The first-order valence-corrected chi connectivity index (χ1v) is 9.87. The number of hydrogen-bond donors (Lipinski definition) is 1. The molecule has 0 spiro atoms. The fraction of sp³-hybridized carbons (Fsp3) is 0.348. The second-order valence-corrected chi connectivity index (χ2v) is 7.57. The number of nitrogens with zero attached hydrogens (tertiary/aromatic N) is 2. The van der Waals surface area contributed by atoms with Crippen LogP contribution in [0.25, 0.3) is 5.65 Å². The van der Waals surface area contributed by atoms with Crippen LogP contribution in [-0.4, -0.2) is 32.9 Å². The standard InChI is InChI=1S/C23H24N2O4/c1-4-29-20-9-6-10-25-21(14(3)24-22(20)25)19(26)12-17-15-8-5-7-13(2)16(15)11-18(17)23(27)28/h5-10,17-18H,4,11-12H2,1-3H3,(H,27,28)/t17-,18-/m1/s1. The summed E-state index contributed by atoms with van der Waals surface area (Å²) in [5, 5.41) is 9.77. The summed E-state index contributed by atoms with van der Waals surface area (Å²) >= 11 is 0. The van der Waals surface area contributed by atoms with Crippen molar-refractivity contribution in [1.29, 1.82) is 0 Å². The first-order chi connectivity index (χ1) is 13.9. The van der Waals surface area contributed by atoms with Crippen molar-refractivity contribution in [2.45, 2.75) is 39.5 Å². The van der Waals surface area contributed by atoms with Gasteiger partial charge in [-0.3, -0.25) is 14.0 Å². The molecule has 0 amide bonds. The third-order valence-electron chi connectivity index (χ3n) is 5.83. The van der Waals surface area contributed by atoms with E-state index in [0.29, 0.717) is 35.8 Å². The van der Waals surface area contributed by atoms with Gasteiger partial charge in [-0.2, -0.15) is 0 Å². The van der Waals surface area contributed by atoms with E-state index in [9.17, 15) is 14.7 Å². The van der Waals surface area contributed by atoms with Gasteiger partial charge in [0.1, 0.15) is 5.69 Å². The molecule has 2 heterocycles. The van der Waals surface area contributed by atoms with Crippen LogP contribution in [0.15, 0.2) is 36.5 Å². The Kier molecular flexibility index (Phi) is 4.86. The van der Waals surface area contributed by atoms with Crippen LogP contribution < -0.4 is 4.74 Å². The van der Waals surface area contributed by atoms with Gasteiger partial charge in [0, 0.05) is 18.5 Å². The lowest BCUT2D eigenvalue weighted by Gasteiger charge is -2.16. The van der Waals surface area contributed by atoms with Crippen molar-refractivity contribution in [2.24, 2.45) is 5.92 Å². The molecular weight excluding hydrogens is 368 g/mol. The maximum atomic E-state index is 13.3. The molecule has 6 heteroatoms. The van der Waals surface area contributed by atoms with Gasteiger partial charge >= 0.3 is 5.97 Å². The van der Waals surface area contributed by atoms with Crippen LogP contribution in [0.2, 0.25) is 0 Å². The Labute approximate surface area is 169 Å². The summed E-state index contributed by atoms with van der Waals surface area (Å²) in [6.45, 7) is 6.20. The van der Waals surface area contributed by atoms with Gasteiger partial charge < -0.3 is 9.84 Å². The molecule has 2 atom stereocenters. The molecule has 1 N–H and O–H groups in total. The number of carbonyl (C=O) groups is 2. The molecule has 150 valence electrons. The highest BCUT2D eigenvalue weighted by Gasteiger charge is 2.39. The molecule has 3 aromatic rings. The smallest absolute Gasteiger partial charge is 0.307 e. The van der Waals surface area contributed by atoms with Gasteiger partial charge in [-0.15, -0.1) is 0 Å². The largest absolute Gasteiger partial charge is 0.490 e. The van der Waals surface area contributed by atoms with Crippen LogP contribution >= 0.6 is 0 Å². The average molecular weight is 392 g/mol. The molecule has 1 aromatic carbocycles. The van der Waals surface area contributed by atoms with E-state index in [1.54, 1.807) is 17.5 Å². The minimum absolute atomic E-state index is 0.103. The minimum Gasteiger partial charge on any atom is -0.490 e. The third kappa shape index (κ3) is 3.18. The number of Topliss-reactive ketones (excluding diaryl/α,β-unsaturated/α-hetero) is 1. The van der Waals surface area contributed by atoms with Gasteiger partial charge in [-0.1, -0.05) is 18.2 Å². The topological polar surface area (TPSA) is 80.9 Å². The van der Waals surface area contributed by atoms with Crippen molar-refractivity contribution in [3.8, 4) is 5.75 Å². The lowest BCUT2D eigenvalue weighted by Crippen LogP contribution is -2.21.